The highest BCUT2D eigenvalue weighted by Crippen LogP contribution is 2.03. The minimum Gasteiger partial charge on any atom is -0.478 e. The first kappa shape index (κ1) is 33.4. The van der Waals surface area contributed by atoms with Crippen LogP contribution in [0.15, 0.2) is 49.6 Å². The Balaban J connectivity index is -0.000000147. The topological polar surface area (TPSA) is 147 Å². The number of aliphatic hydroxyl groups excluding tert-OH is 1. The number of aliphatic carboxylic acids is 2. The number of rotatable bonds is 9. The molecule has 0 saturated heterocycles. The van der Waals surface area contributed by atoms with Gasteiger partial charge in [-0.25, -0.2) is 19.2 Å². The SMILES string of the molecule is C=C(C)C(=O)OC.C=C(CCCC)C(=O)O.C=CC(=O)O.C=CC(=O)OCCO. The van der Waals surface area contributed by atoms with Gasteiger partial charge in [0, 0.05) is 23.3 Å². The summed E-state index contributed by atoms with van der Waals surface area (Å²) < 4.78 is 8.61. The van der Waals surface area contributed by atoms with E-state index in [1.807, 2.05) is 6.92 Å². The number of carboxylic acid groups (broad SMARTS) is 2. The highest BCUT2D eigenvalue weighted by atomic mass is 16.5. The van der Waals surface area contributed by atoms with Crippen LogP contribution in [0.1, 0.15) is 33.1 Å². The molecule has 0 radical (unpaired) electrons. The summed E-state index contributed by atoms with van der Waals surface area (Å²) in [6, 6.07) is 0. The lowest BCUT2D eigenvalue weighted by Gasteiger charge is -1.95. The number of carbonyl (C=O) groups excluding carboxylic acids is 2. The van der Waals surface area contributed by atoms with E-state index in [2.05, 4.69) is 35.8 Å². The van der Waals surface area contributed by atoms with E-state index < -0.39 is 17.9 Å². The number of methoxy groups -OCH3 is 1. The molecule has 0 aliphatic heterocycles. The summed E-state index contributed by atoms with van der Waals surface area (Å²) in [6.07, 6.45) is 4.44. The molecule has 9 nitrogen and oxygen atoms in total. The smallest absolute Gasteiger partial charge is 0.332 e. The number of esters is 2. The maximum Gasteiger partial charge on any atom is 0.332 e. The zero-order chi connectivity index (χ0) is 23.8. The van der Waals surface area contributed by atoms with Crippen LogP contribution in [-0.2, 0) is 28.7 Å². The van der Waals surface area contributed by atoms with Gasteiger partial charge in [0.05, 0.1) is 13.7 Å². The van der Waals surface area contributed by atoms with Gasteiger partial charge in [0.25, 0.3) is 0 Å². The van der Waals surface area contributed by atoms with Crippen LogP contribution in [0.2, 0.25) is 0 Å². The van der Waals surface area contributed by atoms with Crippen molar-refractivity contribution >= 4 is 23.9 Å². The van der Waals surface area contributed by atoms with Gasteiger partial charge in [-0.1, -0.05) is 39.7 Å². The standard InChI is InChI=1S/C7H12O2.C5H8O3.C5H8O2.C3H4O2/c1-3-4-5-6(2)7(8)9;1-2-5(7)8-4-3-6;1-4(2)5(6)7-3;1-2-3(4)5/h2-5H2,1H3,(H,8,9);2,6H,1,3-4H2;1H2,2-3H3;2H,1H2,(H,4,5). The Hall–Kier alpha value is -3.20. The Morgan fingerprint density at radius 3 is 1.72 bits per heavy atom. The molecule has 166 valence electrons. The second-order valence-electron chi connectivity index (χ2n) is 4.92. The predicted molar refractivity (Wildman–Crippen MR) is 109 cm³/mol. The molecule has 9 heteroatoms. The Bertz CT molecular complexity index is 548. The normalized spacial score (nSPS) is 8.00. The Morgan fingerprint density at radius 1 is 1.03 bits per heavy atom. The molecule has 0 aliphatic rings. The molecule has 0 aromatic rings. The average Bonchev–Trinajstić information content (AvgIpc) is 2.70. The van der Waals surface area contributed by atoms with Gasteiger partial charge in [-0.3, -0.25) is 0 Å². The highest BCUT2D eigenvalue weighted by molar-refractivity contribution is 5.86. The fourth-order valence-electron chi connectivity index (χ4n) is 0.876. The van der Waals surface area contributed by atoms with Crippen LogP contribution in [0.4, 0.5) is 0 Å². The molecule has 0 fully saturated rings. The van der Waals surface area contributed by atoms with Gasteiger partial charge in [-0.15, -0.1) is 0 Å². The van der Waals surface area contributed by atoms with Crippen molar-refractivity contribution in [1.29, 1.82) is 0 Å². The molecule has 0 rings (SSSR count). The number of ether oxygens (including phenoxy) is 2. The maximum atomic E-state index is 10.2. The van der Waals surface area contributed by atoms with E-state index in [0.29, 0.717) is 17.6 Å². The molecule has 0 amide bonds. The summed E-state index contributed by atoms with van der Waals surface area (Å²) >= 11 is 0. The molecule has 29 heavy (non-hydrogen) atoms. The van der Waals surface area contributed by atoms with Crippen molar-refractivity contribution < 1.29 is 44.0 Å². The third kappa shape index (κ3) is 36.5. The summed E-state index contributed by atoms with van der Waals surface area (Å²) in [5, 5.41) is 24.0. The lowest BCUT2D eigenvalue weighted by atomic mass is 10.1. The summed E-state index contributed by atoms with van der Waals surface area (Å²) in [6.45, 7) is 16.4. The van der Waals surface area contributed by atoms with Crippen LogP contribution in [0.5, 0.6) is 0 Å². The summed E-state index contributed by atoms with van der Waals surface area (Å²) in [5.74, 6) is -2.70. The Labute approximate surface area is 171 Å². The molecular formula is C20H32O9. The molecule has 0 bridgehead atoms. The maximum absolute atomic E-state index is 10.2. The number of hydrogen-bond donors (Lipinski definition) is 3. The summed E-state index contributed by atoms with van der Waals surface area (Å²) in [7, 11) is 1.33. The van der Waals surface area contributed by atoms with Crippen molar-refractivity contribution in [1.82, 2.24) is 0 Å². The molecule has 0 unspecified atom stereocenters. The number of aliphatic hydroxyl groups is 1. The minimum atomic E-state index is -0.981. The summed E-state index contributed by atoms with van der Waals surface area (Å²) in [5.41, 5.74) is 0.749. The summed E-state index contributed by atoms with van der Waals surface area (Å²) in [4.78, 5) is 39.7. The van der Waals surface area contributed by atoms with E-state index >= 15 is 0 Å². The molecule has 0 atom stereocenters. The first-order valence-corrected chi connectivity index (χ1v) is 8.35. The van der Waals surface area contributed by atoms with Gasteiger partial charge < -0.3 is 24.8 Å². The molecule has 0 saturated carbocycles. The second kappa shape index (κ2) is 24.8. The number of unbranched alkanes of at least 4 members (excludes halogenated alkanes) is 1. The van der Waals surface area contributed by atoms with Crippen molar-refractivity contribution in [3.63, 3.8) is 0 Å². The van der Waals surface area contributed by atoms with E-state index in [9.17, 15) is 19.2 Å². The quantitative estimate of drug-likeness (QED) is 0.381. The van der Waals surface area contributed by atoms with Crippen LogP contribution in [-0.4, -0.2) is 59.5 Å². The average molecular weight is 416 g/mol. The van der Waals surface area contributed by atoms with Crippen molar-refractivity contribution in [3.8, 4) is 0 Å². The van der Waals surface area contributed by atoms with Gasteiger partial charge >= 0.3 is 23.9 Å². The van der Waals surface area contributed by atoms with Crippen LogP contribution in [0.3, 0.4) is 0 Å². The zero-order valence-corrected chi connectivity index (χ0v) is 17.3. The molecule has 3 N–H and O–H groups in total. The molecule has 0 aliphatic carbocycles. The van der Waals surface area contributed by atoms with E-state index in [-0.39, 0.29) is 19.2 Å². The van der Waals surface area contributed by atoms with Crippen LogP contribution >= 0.6 is 0 Å². The fraction of sp³-hybridized carbons (Fsp3) is 0.400. The minimum absolute atomic E-state index is 0.0465. The van der Waals surface area contributed by atoms with E-state index in [1.54, 1.807) is 6.92 Å². The molecular weight excluding hydrogens is 384 g/mol. The van der Waals surface area contributed by atoms with Gasteiger partial charge in [-0.2, -0.15) is 0 Å². The van der Waals surface area contributed by atoms with Crippen LogP contribution in [0, 0.1) is 0 Å². The number of carboxylic acids is 2. The van der Waals surface area contributed by atoms with E-state index in [4.69, 9.17) is 15.3 Å². The molecule has 0 heterocycles. The lowest BCUT2D eigenvalue weighted by Crippen LogP contribution is -2.04. The van der Waals surface area contributed by atoms with Gasteiger partial charge in [0.1, 0.15) is 6.61 Å². The van der Waals surface area contributed by atoms with Crippen molar-refractivity contribution in [3.05, 3.63) is 49.6 Å². The Morgan fingerprint density at radius 2 is 1.52 bits per heavy atom. The Kier molecular flexibility index (Phi) is 28.6. The monoisotopic (exact) mass is 416 g/mol. The van der Waals surface area contributed by atoms with Gasteiger partial charge in [0.2, 0.25) is 0 Å². The second-order valence-corrected chi connectivity index (χ2v) is 4.92. The third-order valence-corrected chi connectivity index (χ3v) is 2.35. The van der Waals surface area contributed by atoms with Gasteiger partial charge in [0.15, 0.2) is 0 Å². The lowest BCUT2D eigenvalue weighted by molar-refractivity contribution is -0.139. The number of hydrogen-bond acceptors (Lipinski definition) is 7. The third-order valence-electron chi connectivity index (χ3n) is 2.35. The predicted octanol–water partition coefficient (Wildman–Crippen LogP) is 2.52. The van der Waals surface area contributed by atoms with Crippen molar-refractivity contribution in [2.45, 2.75) is 33.1 Å². The first-order chi connectivity index (χ1) is 13.4. The molecule has 0 spiro atoms. The first-order valence-electron chi connectivity index (χ1n) is 8.35. The van der Waals surface area contributed by atoms with E-state index in [0.717, 1.165) is 25.0 Å². The fourth-order valence-corrected chi connectivity index (χ4v) is 0.876. The van der Waals surface area contributed by atoms with Gasteiger partial charge in [-0.05, 0) is 19.8 Å². The van der Waals surface area contributed by atoms with Crippen LogP contribution < -0.4 is 0 Å². The van der Waals surface area contributed by atoms with Crippen LogP contribution in [0.25, 0.3) is 0 Å². The number of carbonyl (C=O) groups is 4. The van der Waals surface area contributed by atoms with Crippen molar-refractivity contribution in [2.75, 3.05) is 20.3 Å². The largest absolute Gasteiger partial charge is 0.478 e. The van der Waals surface area contributed by atoms with Crippen molar-refractivity contribution in [2.24, 2.45) is 0 Å². The molecule has 0 aromatic heterocycles. The van der Waals surface area contributed by atoms with E-state index in [1.165, 1.54) is 7.11 Å². The molecule has 0 aromatic carbocycles. The highest BCUT2D eigenvalue weighted by Gasteiger charge is 2.00. The zero-order valence-electron chi connectivity index (χ0n) is 17.3.